The molecule has 2 aliphatic heterocycles. The lowest BCUT2D eigenvalue weighted by Crippen LogP contribution is -2.51. The minimum Gasteiger partial charge on any atom is -0.493 e. The summed E-state index contributed by atoms with van der Waals surface area (Å²) in [4.78, 5) is 42.1. The lowest BCUT2D eigenvalue weighted by atomic mass is 10.1. The number of nitrogens with zero attached hydrogens (tertiary/aromatic N) is 3. The highest BCUT2D eigenvalue weighted by Gasteiger charge is 2.38. The molecule has 0 aromatic heterocycles. The number of hydrogen-bond donors (Lipinski definition) is 0. The van der Waals surface area contributed by atoms with Crippen LogP contribution in [0.4, 0.5) is 5.69 Å². The van der Waals surface area contributed by atoms with Crippen molar-refractivity contribution in [2.24, 2.45) is 5.92 Å². The van der Waals surface area contributed by atoms with Crippen molar-refractivity contribution in [2.75, 3.05) is 59.0 Å². The summed E-state index contributed by atoms with van der Waals surface area (Å²) in [6.45, 7) is 3.86. The van der Waals surface area contributed by atoms with E-state index in [9.17, 15) is 14.4 Å². The fourth-order valence-corrected chi connectivity index (χ4v) is 3.85. The first-order valence-corrected chi connectivity index (χ1v) is 9.54. The first-order chi connectivity index (χ1) is 13.9. The van der Waals surface area contributed by atoms with Gasteiger partial charge in [0.1, 0.15) is 0 Å². The number of carbonyl (C=O) groups excluding carboxylic acids is 3. The quantitative estimate of drug-likeness (QED) is 0.719. The van der Waals surface area contributed by atoms with Crippen LogP contribution >= 0.6 is 0 Å². The Morgan fingerprint density at radius 3 is 1.97 bits per heavy atom. The van der Waals surface area contributed by atoms with Crippen LogP contribution in [0.2, 0.25) is 0 Å². The highest BCUT2D eigenvalue weighted by atomic mass is 16.5. The SMILES string of the molecule is COc1cc(N2CC(C(=O)N3CCN(C(C)=O)CC3)CC2=O)cc(OC)c1OC. The normalized spacial score (nSPS) is 19.4. The number of anilines is 1. The van der Waals surface area contributed by atoms with E-state index in [0.717, 1.165) is 0 Å². The van der Waals surface area contributed by atoms with E-state index in [0.29, 0.717) is 55.7 Å². The Labute approximate surface area is 170 Å². The van der Waals surface area contributed by atoms with Gasteiger partial charge in [0, 0.05) is 58.2 Å². The summed E-state index contributed by atoms with van der Waals surface area (Å²) in [5, 5.41) is 0. The Morgan fingerprint density at radius 1 is 0.931 bits per heavy atom. The Balaban J connectivity index is 1.74. The van der Waals surface area contributed by atoms with Gasteiger partial charge in [0.25, 0.3) is 0 Å². The molecule has 2 saturated heterocycles. The minimum absolute atomic E-state index is 0.0155. The van der Waals surface area contributed by atoms with Gasteiger partial charge in [-0.1, -0.05) is 0 Å². The Kier molecular flexibility index (Phi) is 6.14. The van der Waals surface area contributed by atoms with Gasteiger partial charge in [-0.3, -0.25) is 14.4 Å². The van der Waals surface area contributed by atoms with Crippen LogP contribution in [0, 0.1) is 5.92 Å². The summed E-state index contributed by atoms with van der Waals surface area (Å²) in [6.07, 6.45) is 0.155. The van der Waals surface area contributed by atoms with Crippen molar-refractivity contribution in [2.45, 2.75) is 13.3 Å². The molecule has 158 valence electrons. The van der Waals surface area contributed by atoms with E-state index in [-0.39, 0.29) is 24.1 Å². The summed E-state index contributed by atoms with van der Waals surface area (Å²) >= 11 is 0. The molecular formula is C20H27N3O6. The van der Waals surface area contributed by atoms with Crippen molar-refractivity contribution >= 4 is 23.4 Å². The van der Waals surface area contributed by atoms with Gasteiger partial charge in [0.15, 0.2) is 11.5 Å². The van der Waals surface area contributed by atoms with Crippen molar-refractivity contribution in [3.05, 3.63) is 12.1 Å². The van der Waals surface area contributed by atoms with Crippen LogP contribution in [0.5, 0.6) is 17.2 Å². The number of amides is 3. The van der Waals surface area contributed by atoms with Crippen molar-refractivity contribution in [1.82, 2.24) is 9.80 Å². The highest BCUT2D eigenvalue weighted by molar-refractivity contribution is 6.00. The van der Waals surface area contributed by atoms with Gasteiger partial charge in [-0.15, -0.1) is 0 Å². The van der Waals surface area contributed by atoms with Crippen molar-refractivity contribution in [1.29, 1.82) is 0 Å². The zero-order chi connectivity index (χ0) is 21.1. The lowest BCUT2D eigenvalue weighted by Gasteiger charge is -2.35. The molecule has 2 heterocycles. The molecule has 0 N–H and O–H groups in total. The second-order valence-corrected chi connectivity index (χ2v) is 7.12. The fourth-order valence-electron chi connectivity index (χ4n) is 3.85. The number of carbonyl (C=O) groups is 3. The number of methoxy groups -OCH3 is 3. The van der Waals surface area contributed by atoms with E-state index in [1.54, 1.807) is 26.8 Å². The van der Waals surface area contributed by atoms with Gasteiger partial charge in [-0.05, 0) is 0 Å². The summed E-state index contributed by atoms with van der Waals surface area (Å²) in [6, 6.07) is 3.41. The largest absolute Gasteiger partial charge is 0.493 e. The molecule has 2 aliphatic rings. The Bertz CT molecular complexity index is 778. The Morgan fingerprint density at radius 2 is 1.48 bits per heavy atom. The van der Waals surface area contributed by atoms with E-state index in [1.807, 2.05) is 0 Å². The van der Waals surface area contributed by atoms with Crippen LogP contribution < -0.4 is 19.1 Å². The maximum Gasteiger partial charge on any atom is 0.228 e. The molecule has 0 saturated carbocycles. The van der Waals surface area contributed by atoms with Gasteiger partial charge >= 0.3 is 0 Å². The standard InChI is InChI=1S/C20H27N3O6/c1-13(24)21-5-7-22(8-6-21)20(26)14-9-18(25)23(12-14)15-10-16(27-2)19(29-4)17(11-15)28-3/h10-11,14H,5-9,12H2,1-4H3. The van der Waals surface area contributed by atoms with Crippen molar-refractivity contribution < 1.29 is 28.6 Å². The van der Waals surface area contributed by atoms with Crippen LogP contribution in [-0.2, 0) is 14.4 Å². The van der Waals surface area contributed by atoms with Crippen molar-refractivity contribution in [3.8, 4) is 17.2 Å². The minimum atomic E-state index is -0.412. The van der Waals surface area contributed by atoms with E-state index >= 15 is 0 Å². The molecule has 1 aromatic rings. The molecule has 0 bridgehead atoms. The number of hydrogen-bond acceptors (Lipinski definition) is 6. The topological polar surface area (TPSA) is 88.6 Å². The highest BCUT2D eigenvalue weighted by Crippen LogP contribution is 2.42. The van der Waals surface area contributed by atoms with E-state index in [2.05, 4.69) is 0 Å². The predicted molar refractivity (Wildman–Crippen MR) is 105 cm³/mol. The van der Waals surface area contributed by atoms with Crippen LogP contribution in [0.15, 0.2) is 12.1 Å². The summed E-state index contributed by atoms with van der Waals surface area (Å²) in [5.41, 5.74) is 0.598. The van der Waals surface area contributed by atoms with Crippen molar-refractivity contribution in [3.63, 3.8) is 0 Å². The molecule has 3 amide bonds. The third-order valence-corrected chi connectivity index (χ3v) is 5.47. The second kappa shape index (κ2) is 8.59. The molecule has 0 spiro atoms. The van der Waals surface area contributed by atoms with E-state index in [1.165, 1.54) is 28.3 Å². The number of rotatable bonds is 5. The van der Waals surface area contributed by atoms with E-state index < -0.39 is 5.92 Å². The molecule has 0 aliphatic carbocycles. The number of benzene rings is 1. The predicted octanol–water partition coefficient (Wildman–Crippen LogP) is 0.756. The third kappa shape index (κ3) is 4.08. The molecule has 3 rings (SSSR count). The van der Waals surface area contributed by atoms with Gasteiger partial charge < -0.3 is 28.9 Å². The molecule has 1 unspecified atom stereocenters. The fraction of sp³-hybridized carbons (Fsp3) is 0.550. The molecule has 2 fully saturated rings. The zero-order valence-corrected chi connectivity index (χ0v) is 17.3. The molecule has 9 nitrogen and oxygen atoms in total. The molecule has 29 heavy (non-hydrogen) atoms. The second-order valence-electron chi connectivity index (χ2n) is 7.12. The maximum absolute atomic E-state index is 12.9. The van der Waals surface area contributed by atoms with Crippen LogP contribution in [-0.4, -0.2) is 81.6 Å². The zero-order valence-electron chi connectivity index (χ0n) is 17.3. The molecule has 0 radical (unpaired) electrons. The smallest absolute Gasteiger partial charge is 0.228 e. The van der Waals surface area contributed by atoms with Gasteiger partial charge in [0.05, 0.1) is 32.9 Å². The van der Waals surface area contributed by atoms with Crippen LogP contribution in [0.3, 0.4) is 0 Å². The average molecular weight is 405 g/mol. The number of piperazine rings is 1. The maximum atomic E-state index is 12.9. The third-order valence-electron chi connectivity index (χ3n) is 5.47. The molecule has 1 atom stereocenters. The van der Waals surface area contributed by atoms with Crippen LogP contribution in [0.25, 0.3) is 0 Å². The summed E-state index contributed by atoms with van der Waals surface area (Å²) in [7, 11) is 4.54. The van der Waals surface area contributed by atoms with Gasteiger partial charge in [-0.2, -0.15) is 0 Å². The van der Waals surface area contributed by atoms with E-state index in [4.69, 9.17) is 14.2 Å². The number of ether oxygens (including phenoxy) is 3. The van der Waals surface area contributed by atoms with Gasteiger partial charge in [-0.25, -0.2) is 0 Å². The molecule has 9 heteroatoms. The van der Waals surface area contributed by atoms with Crippen LogP contribution in [0.1, 0.15) is 13.3 Å². The average Bonchev–Trinajstić information content (AvgIpc) is 3.13. The first-order valence-electron chi connectivity index (χ1n) is 9.54. The van der Waals surface area contributed by atoms with Gasteiger partial charge in [0.2, 0.25) is 23.5 Å². The summed E-state index contributed by atoms with van der Waals surface area (Å²) in [5.74, 6) is 0.777. The molecule has 1 aromatic carbocycles. The Hall–Kier alpha value is -2.97. The first kappa shape index (κ1) is 20.8. The monoisotopic (exact) mass is 405 g/mol. The summed E-state index contributed by atoms with van der Waals surface area (Å²) < 4.78 is 16.1. The lowest BCUT2D eigenvalue weighted by molar-refractivity contribution is -0.141. The molecular weight excluding hydrogens is 378 g/mol.